The second kappa shape index (κ2) is 8.45. The molecule has 7 heteroatoms. The summed E-state index contributed by atoms with van der Waals surface area (Å²) in [6, 6.07) is 12.9. The predicted molar refractivity (Wildman–Crippen MR) is 113 cm³/mol. The second-order valence-electron chi connectivity index (χ2n) is 5.50. The largest absolute Gasteiger partial charge is 0.493 e. The summed E-state index contributed by atoms with van der Waals surface area (Å²) in [7, 11) is 3.14. The Hall–Kier alpha value is -2.51. The fourth-order valence-corrected chi connectivity index (χ4v) is 4.04. The van der Waals surface area contributed by atoms with Crippen molar-refractivity contribution in [2.75, 3.05) is 25.7 Å². The Morgan fingerprint density at radius 2 is 1.81 bits per heavy atom. The summed E-state index contributed by atoms with van der Waals surface area (Å²) in [6.45, 7) is 2.40. The highest BCUT2D eigenvalue weighted by molar-refractivity contribution is 8.27. The van der Waals surface area contributed by atoms with Crippen LogP contribution in [0.3, 0.4) is 0 Å². The van der Waals surface area contributed by atoms with Crippen LogP contribution in [0.5, 0.6) is 17.2 Å². The minimum Gasteiger partial charge on any atom is -0.493 e. The topological polar surface area (TPSA) is 48.0 Å². The zero-order valence-electron chi connectivity index (χ0n) is 15.2. The number of hydrogen-bond acceptors (Lipinski definition) is 6. The third-order valence-electron chi connectivity index (χ3n) is 3.92. The summed E-state index contributed by atoms with van der Waals surface area (Å²) in [6.07, 6.45) is 1.77. The Labute approximate surface area is 167 Å². The highest BCUT2D eigenvalue weighted by Crippen LogP contribution is 2.41. The molecule has 0 aromatic heterocycles. The molecule has 0 aliphatic carbocycles. The molecule has 0 saturated carbocycles. The molecule has 1 saturated heterocycles. The number of thioether (sulfide) groups is 1. The van der Waals surface area contributed by atoms with Crippen LogP contribution in [0.2, 0.25) is 0 Å². The smallest absolute Gasteiger partial charge is 0.270 e. The van der Waals surface area contributed by atoms with E-state index >= 15 is 0 Å². The summed E-state index contributed by atoms with van der Waals surface area (Å²) in [5.74, 6) is 1.60. The van der Waals surface area contributed by atoms with Crippen molar-refractivity contribution in [3.8, 4) is 17.2 Å². The number of para-hydroxylation sites is 3. The number of hydrogen-bond donors (Lipinski definition) is 0. The van der Waals surface area contributed by atoms with E-state index in [1.54, 1.807) is 26.4 Å². The third kappa shape index (κ3) is 3.79. The van der Waals surface area contributed by atoms with E-state index in [-0.39, 0.29) is 5.91 Å². The van der Waals surface area contributed by atoms with Crippen molar-refractivity contribution >= 4 is 46.0 Å². The third-order valence-corrected chi connectivity index (χ3v) is 5.22. The lowest BCUT2D eigenvalue weighted by molar-refractivity contribution is -0.113. The molecule has 140 valence electrons. The maximum atomic E-state index is 13.1. The van der Waals surface area contributed by atoms with Gasteiger partial charge in [0.05, 0.1) is 31.4 Å². The zero-order chi connectivity index (χ0) is 19.4. The van der Waals surface area contributed by atoms with E-state index < -0.39 is 0 Å². The molecule has 1 heterocycles. The molecule has 3 rings (SSSR count). The van der Waals surface area contributed by atoms with Gasteiger partial charge in [-0.05, 0) is 31.2 Å². The normalized spacial score (nSPS) is 15.4. The molecule has 0 spiro atoms. The monoisotopic (exact) mass is 401 g/mol. The van der Waals surface area contributed by atoms with Crippen molar-refractivity contribution in [2.24, 2.45) is 0 Å². The van der Waals surface area contributed by atoms with Crippen LogP contribution in [-0.4, -0.2) is 31.1 Å². The average molecular weight is 402 g/mol. The van der Waals surface area contributed by atoms with E-state index in [1.165, 1.54) is 16.7 Å². The van der Waals surface area contributed by atoms with Crippen LogP contribution in [0.1, 0.15) is 12.5 Å². The van der Waals surface area contributed by atoms with E-state index in [2.05, 4.69) is 0 Å². The van der Waals surface area contributed by atoms with Gasteiger partial charge in [-0.3, -0.25) is 9.69 Å². The molecule has 27 heavy (non-hydrogen) atoms. The van der Waals surface area contributed by atoms with Crippen LogP contribution in [0.25, 0.3) is 6.08 Å². The van der Waals surface area contributed by atoms with Crippen molar-refractivity contribution in [2.45, 2.75) is 6.92 Å². The molecule has 1 fully saturated rings. The highest BCUT2D eigenvalue weighted by atomic mass is 32.2. The lowest BCUT2D eigenvalue weighted by Gasteiger charge is -2.18. The number of methoxy groups -OCH3 is 2. The molecule has 0 atom stereocenters. The molecule has 5 nitrogen and oxygen atoms in total. The van der Waals surface area contributed by atoms with Crippen LogP contribution in [0.4, 0.5) is 5.69 Å². The van der Waals surface area contributed by atoms with Gasteiger partial charge in [0.15, 0.2) is 15.8 Å². The summed E-state index contributed by atoms with van der Waals surface area (Å²) in [5, 5.41) is 0. The number of thiocarbonyl (C=S) groups is 1. The Morgan fingerprint density at radius 1 is 1.07 bits per heavy atom. The number of rotatable bonds is 6. The van der Waals surface area contributed by atoms with Gasteiger partial charge < -0.3 is 14.2 Å². The van der Waals surface area contributed by atoms with Crippen LogP contribution in [0, 0.1) is 0 Å². The molecule has 0 radical (unpaired) electrons. The SMILES string of the molecule is CCOc1ccccc1N1C(=O)/C(=C\c2cccc(OC)c2OC)SC1=S. The van der Waals surface area contributed by atoms with Gasteiger partial charge in [-0.2, -0.15) is 0 Å². The van der Waals surface area contributed by atoms with Gasteiger partial charge in [-0.1, -0.05) is 48.2 Å². The van der Waals surface area contributed by atoms with Crippen LogP contribution in [0.15, 0.2) is 47.4 Å². The number of nitrogens with zero attached hydrogens (tertiary/aromatic N) is 1. The fourth-order valence-electron chi connectivity index (χ4n) is 2.76. The predicted octanol–water partition coefficient (Wildman–Crippen LogP) is 4.51. The Balaban J connectivity index is 1.99. The molecule has 0 unspecified atom stereocenters. The van der Waals surface area contributed by atoms with E-state index in [1.807, 2.05) is 43.3 Å². The molecule has 2 aromatic carbocycles. The minimum atomic E-state index is -0.193. The van der Waals surface area contributed by atoms with Gasteiger partial charge in [0.1, 0.15) is 5.75 Å². The quantitative estimate of drug-likeness (QED) is 0.524. The van der Waals surface area contributed by atoms with Crippen LogP contribution >= 0.6 is 24.0 Å². The van der Waals surface area contributed by atoms with Gasteiger partial charge in [0.2, 0.25) is 0 Å². The van der Waals surface area contributed by atoms with Gasteiger partial charge in [0, 0.05) is 5.56 Å². The molecule has 1 aliphatic heterocycles. The van der Waals surface area contributed by atoms with Gasteiger partial charge in [-0.15, -0.1) is 0 Å². The summed E-state index contributed by atoms with van der Waals surface area (Å²) in [4.78, 5) is 15.1. The van der Waals surface area contributed by atoms with Gasteiger partial charge in [-0.25, -0.2) is 0 Å². The maximum Gasteiger partial charge on any atom is 0.270 e. The number of ether oxygens (including phenoxy) is 3. The van der Waals surface area contributed by atoms with E-state index in [4.69, 9.17) is 26.4 Å². The van der Waals surface area contributed by atoms with Crippen molar-refractivity contribution in [3.63, 3.8) is 0 Å². The first-order valence-corrected chi connectivity index (χ1v) is 9.54. The number of carbonyl (C=O) groups excluding carboxylic acids is 1. The first kappa shape index (κ1) is 19.3. The average Bonchev–Trinajstić information content (AvgIpc) is 2.95. The van der Waals surface area contributed by atoms with Gasteiger partial charge >= 0.3 is 0 Å². The fraction of sp³-hybridized carbons (Fsp3) is 0.200. The summed E-state index contributed by atoms with van der Waals surface area (Å²) >= 11 is 6.71. The van der Waals surface area contributed by atoms with Crippen molar-refractivity contribution in [1.82, 2.24) is 0 Å². The molecule has 0 bridgehead atoms. The summed E-state index contributed by atoms with van der Waals surface area (Å²) < 4.78 is 16.9. The standard InChI is InChI=1S/C20H19NO4S2/c1-4-25-15-10-6-5-9-14(15)21-19(22)17(27-20(21)26)12-13-8-7-11-16(23-2)18(13)24-3/h5-12H,4H2,1-3H3/b17-12+. The van der Waals surface area contributed by atoms with E-state index in [0.717, 1.165) is 5.56 Å². The molecule has 1 aliphatic rings. The van der Waals surface area contributed by atoms with Gasteiger partial charge in [0.25, 0.3) is 5.91 Å². The minimum absolute atomic E-state index is 0.193. The number of benzene rings is 2. The Bertz CT molecular complexity index is 911. The number of anilines is 1. The van der Waals surface area contributed by atoms with Crippen molar-refractivity contribution < 1.29 is 19.0 Å². The Kier molecular flexibility index (Phi) is 6.03. The molecule has 1 amide bonds. The van der Waals surface area contributed by atoms with E-state index in [9.17, 15) is 4.79 Å². The second-order valence-corrected chi connectivity index (χ2v) is 7.18. The highest BCUT2D eigenvalue weighted by Gasteiger charge is 2.35. The van der Waals surface area contributed by atoms with Crippen molar-refractivity contribution in [1.29, 1.82) is 0 Å². The molecular formula is C20H19NO4S2. The first-order chi connectivity index (χ1) is 13.1. The molecule has 2 aromatic rings. The van der Waals surface area contributed by atoms with Crippen LogP contribution < -0.4 is 19.1 Å². The maximum absolute atomic E-state index is 13.1. The molecular weight excluding hydrogens is 382 g/mol. The molecule has 0 N–H and O–H groups in total. The number of amides is 1. The lowest BCUT2D eigenvalue weighted by Crippen LogP contribution is -2.28. The van der Waals surface area contributed by atoms with Crippen molar-refractivity contribution in [3.05, 3.63) is 52.9 Å². The zero-order valence-corrected chi connectivity index (χ0v) is 16.9. The first-order valence-electron chi connectivity index (χ1n) is 8.31. The number of carbonyl (C=O) groups is 1. The lowest BCUT2D eigenvalue weighted by atomic mass is 10.1. The Morgan fingerprint density at radius 3 is 2.52 bits per heavy atom. The van der Waals surface area contributed by atoms with Crippen LogP contribution in [-0.2, 0) is 4.79 Å². The summed E-state index contributed by atoms with van der Waals surface area (Å²) in [5.41, 5.74) is 1.39. The van der Waals surface area contributed by atoms with E-state index in [0.29, 0.717) is 38.8 Å².